The third kappa shape index (κ3) is 8.03. The molecule has 0 aliphatic carbocycles. The molecule has 0 aromatic heterocycles. The first-order valence-electron chi connectivity index (χ1n) is 11.4. The molecule has 0 spiro atoms. The highest BCUT2D eigenvalue weighted by atomic mass is 35.5. The Kier molecular flexibility index (Phi) is 10.4. The lowest BCUT2D eigenvalue weighted by Crippen LogP contribution is -2.51. The number of ether oxygens (including phenoxy) is 2. The number of carbonyl (C=O) groups is 2. The number of nitrogens with zero attached hydrogens (tertiary/aromatic N) is 2. The molecule has 0 saturated carbocycles. The van der Waals surface area contributed by atoms with Gasteiger partial charge in [0.1, 0.15) is 12.6 Å². The molecule has 2 rings (SSSR count). The average Bonchev–Trinajstić information content (AvgIpc) is 2.83. The fourth-order valence-corrected chi connectivity index (χ4v) is 4.38. The summed E-state index contributed by atoms with van der Waals surface area (Å²) >= 11 is 5.99. The van der Waals surface area contributed by atoms with Crippen LogP contribution in [0.5, 0.6) is 11.5 Å². The van der Waals surface area contributed by atoms with E-state index in [9.17, 15) is 18.0 Å². The molecule has 9 nitrogen and oxygen atoms in total. The van der Waals surface area contributed by atoms with Crippen LogP contribution in [0.2, 0.25) is 5.02 Å². The van der Waals surface area contributed by atoms with E-state index in [4.69, 9.17) is 21.1 Å². The maximum atomic E-state index is 13.6. The molecule has 36 heavy (non-hydrogen) atoms. The number of carbonyl (C=O) groups excluding carboxylic acids is 2. The number of nitrogens with one attached hydrogen (secondary N) is 1. The van der Waals surface area contributed by atoms with Crippen molar-refractivity contribution in [3.63, 3.8) is 0 Å². The van der Waals surface area contributed by atoms with Crippen molar-refractivity contribution in [3.8, 4) is 11.5 Å². The van der Waals surface area contributed by atoms with Crippen LogP contribution in [-0.2, 0) is 26.2 Å². The number of hydrogen-bond donors (Lipinski definition) is 1. The minimum Gasteiger partial charge on any atom is -0.493 e. The van der Waals surface area contributed by atoms with E-state index in [0.29, 0.717) is 23.1 Å². The highest BCUT2D eigenvalue weighted by Crippen LogP contribution is 2.32. The van der Waals surface area contributed by atoms with Gasteiger partial charge in [0.25, 0.3) is 0 Å². The summed E-state index contributed by atoms with van der Waals surface area (Å²) in [4.78, 5) is 27.8. The SMILES string of the molecule is COc1ccc(N(CC(=O)N(Cc2ccc(Cl)cc2)[C@H](C)C(=O)NCC(C)C)S(C)(=O)=O)cc1OC. The van der Waals surface area contributed by atoms with Crippen LogP contribution in [0.3, 0.4) is 0 Å². The number of rotatable bonds is 12. The largest absolute Gasteiger partial charge is 0.493 e. The number of benzene rings is 2. The van der Waals surface area contributed by atoms with Gasteiger partial charge in [-0.2, -0.15) is 0 Å². The zero-order valence-corrected chi connectivity index (χ0v) is 23.0. The maximum absolute atomic E-state index is 13.6. The third-order valence-electron chi connectivity index (χ3n) is 5.45. The van der Waals surface area contributed by atoms with Crippen molar-refractivity contribution in [2.24, 2.45) is 5.92 Å². The first-order valence-corrected chi connectivity index (χ1v) is 13.6. The zero-order chi connectivity index (χ0) is 27.0. The van der Waals surface area contributed by atoms with Gasteiger partial charge in [-0.25, -0.2) is 8.42 Å². The van der Waals surface area contributed by atoms with Gasteiger partial charge in [-0.05, 0) is 42.7 Å². The van der Waals surface area contributed by atoms with Crippen LogP contribution in [-0.4, -0.2) is 64.7 Å². The van der Waals surface area contributed by atoms with Crippen LogP contribution in [0.15, 0.2) is 42.5 Å². The van der Waals surface area contributed by atoms with E-state index in [-0.39, 0.29) is 24.1 Å². The van der Waals surface area contributed by atoms with Crippen LogP contribution < -0.4 is 19.1 Å². The first-order chi connectivity index (χ1) is 16.9. The molecule has 0 unspecified atom stereocenters. The molecule has 2 aromatic carbocycles. The van der Waals surface area contributed by atoms with E-state index >= 15 is 0 Å². The van der Waals surface area contributed by atoms with Gasteiger partial charge in [-0.15, -0.1) is 0 Å². The van der Waals surface area contributed by atoms with Crippen LogP contribution >= 0.6 is 11.6 Å². The van der Waals surface area contributed by atoms with Gasteiger partial charge in [0.15, 0.2) is 11.5 Å². The molecule has 0 aliphatic heterocycles. The summed E-state index contributed by atoms with van der Waals surface area (Å²) in [6.45, 7) is 5.58. The van der Waals surface area contributed by atoms with Crippen molar-refractivity contribution < 1.29 is 27.5 Å². The molecule has 1 atom stereocenters. The van der Waals surface area contributed by atoms with Crippen molar-refractivity contribution in [3.05, 3.63) is 53.1 Å². The Balaban J connectivity index is 2.41. The molecule has 1 N–H and O–H groups in total. The number of halogens is 1. The van der Waals surface area contributed by atoms with E-state index in [1.807, 2.05) is 13.8 Å². The van der Waals surface area contributed by atoms with E-state index in [1.54, 1.807) is 37.3 Å². The molecule has 11 heteroatoms. The summed E-state index contributed by atoms with van der Waals surface area (Å²) in [6, 6.07) is 10.6. The van der Waals surface area contributed by atoms with Crippen LogP contribution in [0.25, 0.3) is 0 Å². The molecule has 0 saturated heterocycles. The quantitative estimate of drug-likeness (QED) is 0.443. The number of methoxy groups -OCH3 is 2. The van der Waals surface area contributed by atoms with E-state index in [2.05, 4.69) is 5.32 Å². The standard InChI is InChI=1S/C25H34ClN3O6S/c1-17(2)14-27-25(31)18(3)28(15-19-7-9-20(26)10-8-19)24(30)16-29(36(6,32)33)21-11-12-22(34-4)23(13-21)35-5/h7-13,17-18H,14-16H2,1-6H3,(H,27,31)/t18-/m1/s1. The minimum absolute atomic E-state index is 0.0931. The topological polar surface area (TPSA) is 105 Å². The van der Waals surface area contributed by atoms with Crippen LogP contribution in [0, 0.1) is 5.92 Å². The van der Waals surface area contributed by atoms with Gasteiger partial charge in [0, 0.05) is 24.2 Å². The maximum Gasteiger partial charge on any atom is 0.244 e. The normalized spacial score (nSPS) is 12.1. The Morgan fingerprint density at radius 3 is 2.14 bits per heavy atom. The van der Waals surface area contributed by atoms with Gasteiger partial charge < -0.3 is 19.7 Å². The number of hydrogen-bond acceptors (Lipinski definition) is 6. The Labute approximate surface area is 218 Å². The molecule has 0 aliphatic rings. The van der Waals surface area contributed by atoms with Crippen LogP contribution in [0.4, 0.5) is 5.69 Å². The van der Waals surface area contributed by atoms with Crippen molar-refractivity contribution in [2.75, 3.05) is 37.9 Å². The second kappa shape index (κ2) is 12.8. The lowest BCUT2D eigenvalue weighted by molar-refractivity contribution is -0.139. The van der Waals surface area contributed by atoms with Crippen LogP contribution in [0.1, 0.15) is 26.3 Å². The van der Waals surface area contributed by atoms with Gasteiger partial charge in [-0.1, -0.05) is 37.6 Å². The third-order valence-corrected chi connectivity index (χ3v) is 6.84. The Bertz CT molecular complexity index is 1150. The molecule has 0 bridgehead atoms. The Hall–Kier alpha value is -2.98. The van der Waals surface area contributed by atoms with E-state index in [1.165, 1.54) is 31.3 Å². The number of anilines is 1. The first kappa shape index (κ1) is 29.3. The summed E-state index contributed by atoms with van der Waals surface area (Å²) in [5.41, 5.74) is 0.972. The lowest BCUT2D eigenvalue weighted by Gasteiger charge is -2.31. The monoisotopic (exact) mass is 539 g/mol. The smallest absolute Gasteiger partial charge is 0.244 e. The molecule has 198 valence electrons. The average molecular weight is 540 g/mol. The van der Waals surface area contributed by atoms with Crippen molar-refractivity contribution >= 4 is 39.1 Å². The summed E-state index contributed by atoms with van der Waals surface area (Å²) in [5, 5.41) is 3.38. The molecule has 0 heterocycles. The van der Waals surface area contributed by atoms with E-state index < -0.39 is 28.5 Å². The Morgan fingerprint density at radius 2 is 1.61 bits per heavy atom. The summed E-state index contributed by atoms with van der Waals surface area (Å²) in [6.07, 6.45) is 1.01. The van der Waals surface area contributed by atoms with Gasteiger partial charge >= 0.3 is 0 Å². The Morgan fingerprint density at radius 1 is 1.00 bits per heavy atom. The summed E-state index contributed by atoms with van der Waals surface area (Å²) in [5.74, 6) is 0.0872. The predicted octanol–water partition coefficient (Wildman–Crippen LogP) is 3.31. The zero-order valence-electron chi connectivity index (χ0n) is 21.4. The second-order valence-electron chi connectivity index (χ2n) is 8.77. The number of amides is 2. The van der Waals surface area contributed by atoms with Gasteiger partial charge in [-0.3, -0.25) is 13.9 Å². The summed E-state index contributed by atoms with van der Waals surface area (Å²) in [7, 11) is -0.964. The van der Waals surface area contributed by atoms with Crippen molar-refractivity contribution in [2.45, 2.75) is 33.4 Å². The summed E-state index contributed by atoms with van der Waals surface area (Å²) < 4.78 is 36.9. The highest BCUT2D eigenvalue weighted by molar-refractivity contribution is 7.92. The fourth-order valence-electron chi connectivity index (χ4n) is 3.42. The van der Waals surface area contributed by atoms with E-state index in [0.717, 1.165) is 16.1 Å². The molecule has 0 radical (unpaired) electrons. The molecular weight excluding hydrogens is 506 g/mol. The number of sulfonamides is 1. The molecular formula is C25H34ClN3O6S. The highest BCUT2D eigenvalue weighted by Gasteiger charge is 2.30. The molecule has 2 amide bonds. The fraction of sp³-hybridized carbons (Fsp3) is 0.440. The molecule has 0 fully saturated rings. The molecule has 2 aromatic rings. The van der Waals surface area contributed by atoms with Crippen molar-refractivity contribution in [1.82, 2.24) is 10.2 Å². The van der Waals surface area contributed by atoms with Gasteiger partial charge in [0.2, 0.25) is 21.8 Å². The lowest BCUT2D eigenvalue weighted by atomic mass is 10.1. The predicted molar refractivity (Wildman–Crippen MR) is 141 cm³/mol. The second-order valence-corrected chi connectivity index (χ2v) is 11.1. The van der Waals surface area contributed by atoms with Crippen molar-refractivity contribution in [1.29, 1.82) is 0 Å². The minimum atomic E-state index is -3.87. The van der Waals surface area contributed by atoms with Gasteiger partial charge in [0.05, 0.1) is 26.2 Å².